The van der Waals surface area contributed by atoms with Crippen molar-refractivity contribution < 1.29 is 0 Å². The van der Waals surface area contributed by atoms with E-state index in [2.05, 4.69) is 24.1 Å². The Hall–Kier alpha value is -0.0800. The number of piperidine rings is 1. The standard InChI is InChI=1S/C12H24N2/c1-10(2)14-8-4-6-12(14)11-5-3-7-13-9-11/h10-13H,3-9H2,1-2H3. The molecule has 0 spiro atoms. The first-order valence-corrected chi connectivity index (χ1v) is 6.25. The van der Waals surface area contributed by atoms with Crippen LogP contribution < -0.4 is 5.32 Å². The van der Waals surface area contributed by atoms with Crippen LogP contribution in [-0.2, 0) is 0 Å². The Morgan fingerprint density at radius 1 is 1.21 bits per heavy atom. The van der Waals surface area contributed by atoms with Crippen molar-refractivity contribution in [3.05, 3.63) is 0 Å². The van der Waals surface area contributed by atoms with Crippen LogP contribution in [0.25, 0.3) is 0 Å². The van der Waals surface area contributed by atoms with Crippen LogP contribution >= 0.6 is 0 Å². The van der Waals surface area contributed by atoms with E-state index in [1.807, 2.05) is 0 Å². The smallest absolute Gasteiger partial charge is 0.0139 e. The summed E-state index contributed by atoms with van der Waals surface area (Å²) >= 11 is 0. The predicted octanol–water partition coefficient (Wildman–Crippen LogP) is 1.86. The van der Waals surface area contributed by atoms with Gasteiger partial charge in [-0.2, -0.15) is 0 Å². The summed E-state index contributed by atoms with van der Waals surface area (Å²) in [6, 6.07) is 1.62. The Bertz CT molecular complexity index is 173. The zero-order valence-corrected chi connectivity index (χ0v) is 9.63. The molecule has 2 nitrogen and oxygen atoms in total. The van der Waals surface area contributed by atoms with Gasteiger partial charge in [-0.05, 0) is 65.1 Å². The van der Waals surface area contributed by atoms with E-state index < -0.39 is 0 Å². The van der Waals surface area contributed by atoms with Crippen molar-refractivity contribution in [3.8, 4) is 0 Å². The number of rotatable bonds is 2. The summed E-state index contributed by atoms with van der Waals surface area (Å²) in [5.41, 5.74) is 0. The molecule has 2 aliphatic heterocycles. The van der Waals surface area contributed by atoms with Crippen LogP contribution in [-0.4, -0.2) is 36.6 Å². The Balaban J connectivity index is 1.94. The maximum Gasteiger partial charge on any atom is 0.0139 e. The normalized spacial score (nSPS) is 35.4. The molecule has 0 aliphatic carbocycles. The van der Waals surface area contributed by atoms with E-state index in [4.69, 9.17) is 0 Å². The van der Waals surface area contributed by atoms with Gasteiger partial charge in [0, 0.05) is 12.1 Å². The second-order valence-electron chi connectivity index (χ2n) is 5.15. The first-order valence-electron chi connectivity index (χ1n) is 6.25. The Morgan fingerprint density at radius 2 is 2.07 bits per heavy atom. The Morgan fingerprint density at radius 3 is 2.71 bits per heavy atom. The number of nitrogens with one attached hydrogen (secondary N) is 1. The molecule has 82 valence electrons. The molecule has 2 heterocycles. The van der Waals surface area contributed by atoms with Crippen LogP contribution in [0.2, 0.25) is 0 Å². The lowest BCUT2D eigenvalue weighted by Crippen LogP contribution is -2.45. The summed E-state index contributed by atoms with van der Waals surface area (Å²) in [6.07, 6.45) is 5.68. The number of likely N-dealkylation sites (tertiary alicyclic amines) is 1. The molecule has 2 rings (SSSR count). The molecular formula is C12H24N2. The van der Waals surface area contributed by atoms with E-state index in [0.29, 0.717) is 0 Å². The molecule has 14 heavy (non-hydrogen) atoms. The lowest BCUT2D eigenvalue weighted by Gasteiger charge is -2.36. The summed E-state index contributed by atoms with van der Waals surface area (Å²) in [6.45, 7) is 8.51. The molecule has 1 N–H and O–H groups in total. The molecule has 0 radical (unpaired) electrons. The molecule has 2 atom stereocenters. The van der Waals surface area contributed by atoms with Crippen molar-refractivity contribution in [3.63, 3.8) is 0 Å². The van der Waals surface area contributed by atoms with Gasteiger partial charge in [0.15, 0.2) is 0 Å². The second kappa shape index (κ2) is 4.63. The van der Waals surface area contributed by atoms with Gasteiger partial charge in [0.2, 0.25) is 0 Å². The minimum Gasteiger partial charge on any atom is -0.316 e. The van der Waals surface area contributed by atoms with Crippen molar-refractivity contribution >= 4 is 0 Å². The van der Waals surface area contributed by atoms with Crippen LogP contribution in [0.15, 0.2) is 0 Å². The highest BCUT2D eigenvalue weighted by atomic mass is 15.2. The third-order valence-corrected chi connectivity index (χ3v) is 3.88. The SMILES string of the molecule is CC(C)N1CCCC1C1CCCNC1. The van der Waals surface area contributed by atoms with Crippen molar-refractivity contribution in [1.29, 1.82) is 0 Å². The van der Waals surface area contributed by atoms with Gasteiger partial charge in [-0.3, -0.25) is 4.90 Å². The van der Waals surface area contributed by atoms with Gasteiger partial charge in [-0.15, -0.1) is 0 Å². The lowest BCUT2D eigenvalue weighted by atomic mass is 9.90. The Labute approximate surface area is 88.1 Å². The van der Waals surface area contributed by atoms with Crippen LogP contribution in [0.1, 0.15) is 39.5 Å². The van der Waals surface area contributed by atoms with Crippen molar-refractivity contribution in [1.82, 2.24) is 10.2 Å². The van der Waals surface area contributed by atoms with Gasteiger partial charge < -0.3 is 5.32 Å². The molecule has 0 saturated carbocycles. The van der Waals surface area contributed by atoms with E-state index >= 15 is 0 Å². The van der Waals surface area contributed by atoms with Gasteiger partial charge in [-0.1, -0.05) is 0 Å². The summed E-state index contributed by atoms with van der Waals surface area (Å²) < 4.78 is 0. The quantitative estimate of drug-likeness (QED) is 0.725. The fourth-order valence-corrected chi connectivity index (χ4v) is 3.17. The summed E-state index contributed by atoms with van der Waals surface area (Å²) in [4.78, 5) is 2.72. The minimum absolute atomic E-state index is 0.740. The third-order valence-electron chi connectivity index (χ3n) is 3.88. The van der Waals surface area contributed by atoms with Crippen LogP contribution in [0.3, 0.4) is 0 Å². The molecule has 0 aromatic carbocycles. The molecule has 2 fully saturated rings. The van der Waals surface area contributed by atoms with Gasteiger partial charge in [0.1, 0.15) is 0 Å². The highest BCUT2D eigenvalue weighted by Crippen LogP contribution is 2.29. The molecule has 0 aromatic rings. The van der Waals surface area contributed by atoms with Gasteiger partial charge in [0.25, 0.3) is 0 Å². The average Bonchev–Trinajstić information content (AvgIpc) is 2.67. The van der Waals surface area contributed by atoms with Gasteiger partial charge in [-0.25, -0.2) is 0 Å². The molecular weight excluding hydrogens is 172 g/mol. The van der Waals surface area contributed by atoms with Crippen LogP contribution in [0.5, 0.6) is 0 Å². The van der Waals surface area contributed by atoms with E-state index in [-0.39, 0.29) is 0 Å². The van der Waals surface area contributed by atoms with E-state index in [0.717, 1.165) is 18.0 Å². The highest BCUT2D eigenvalue weighted by Gasteiger charge is 2.33. The van der Waals surface area contributed by atoms with E-state index in [9.17, 15) is 0 Å². The molecule has 2 unspecified atom stereocenters. The largest absolute Gasteiger partial charge is 0.316 e. The first kappa shape index (κ1) is 10.4. The first-order chi connectivity index (χ1) is 6.79. The Kier molecular flexibility index (Phi) is 3.45. The predicted molar refractivity (Wildman–Crippen MR) is 60.5 cm³/mol. The number of hydrogen-bond donors (Lipinski definition) is 1. The highest BCUT2D eigenvalue weighted by molar-refractivity contribution is 4.89. The fraction of sp³-hybridized carbons (Fsp3) is 1.00. The zero-order valence-electron chi connectivity index (χ0n) is 9.63. The van der Waals surface area contributed by atoms with E-state index in [1.54, 1.807) is 0 Å². The monoisotopic (exact) mass is 196 g/mol. The topological polar surface area (TPSA) is 15.3 Å². The maximum absolute atomic E-state index is 3.54. The van der Waals surface area contributed by atoms with Gasteiger partial charge in [0.05, 0.1) is 0 Å². The average molecular weight is 196 g/mol. The summed E-state index contributed by atoms with van der Waals surface area (Å²) in [5, 5.41) is 3.54. The van der Waals surface area contributed by atoms with Crippen molar-refractivity contribution in [2.45, 2.75) is 51.6 Å². The number of hydrogen-bond acceptors (Lipinski definition) is 2. The molecule has 0 aromatic heterocycles. The molecule has 2 aliphatic rings. The van der Waals surface area contributed by atoms with Crippen molar-refractivity contribution in [2.24, 2.45) is 5.92 Å². The van der Waals surface area contributed by atoms with Crippen LogP contribution in [0, 0.1) is 5.92 Å². The number of nitrogens with zero attached hydrogens (tertiary/aromatic N) is 1. The zero-order chi connectivity index (χ0) is 9.97. The summed E-state index contributed by atoms with van der Waals surface area (Å²) in [7, 11) is 0. The third kappa shape index (κ3) is 2.12. The van der Waals surface area contributed by atoms with E-state index in [1.165, 1.54) is 45.3 Å². The molecule has 2 heteroatoms. The van der Waals surface area contributed by atoms with Gasteiger partial charge >= 0.3 is 0 Å². The lowest BCUT2D eigenvalue weighted by molar-refractivity contribution is 0.134. The minimum atomic E-state index is 0.740. The second-order valence-corrected chi connectivity index (χ2v) is 5.15. The molecule has 0 amide bonds. The molecule has 0 bridgehead atoms. The van der Waals surface area contributed by atoms with Crippen LogP contribution in [0.4, 0.5) is 0 Å². The maximum atomic E-state index is 3.54. The van der Waals surface area contributed by atoms with Crippen molar-refractivity contribution in [2.75, 3.05) is 19.6 Å². The molecule has 2 saturated heterocycles. The fourth-order valence-electron chi connectivity index (χ4n) is 3.17. The summed E-state index contributed by atoms with van der Waals surface area (Å²) in [5.74, 6) is 0.925.